The third-order valence-electron chi connectivity index (χ3n) is 3.24. The zero-order valence-electron chi connectivity index (χ0n) is 11.3. The van der Waals surface area contributed by atoms with Gasteiger partial charge < -0.3 is 0 Å². The first kappa shape index (κ1) is 14.3. The van der Waals surface area contributed by atoms with Crippen LogP contribution in [-0.4, -0.2) is 0 Å². The van der Waals surface area contributed by atoms with Gasteiger partial charge in [-0.25, -0.2) is 0 Å². The Kier molecular flexibility index (Phi) is 8.72. The molecule has 0 saturated carbocycles. The van der Waals surface area contributed by atoms with Crippen LogP contribution >= 0.6 is 0 Å². The summed E-state index contributed by atoms with van der Waals surface area (Å²) in [5.41, 5.74) is 1.37. The molecule has 0 aliphatic rings. The third kappa shape index (κ3) is 8.01. The van der Waals surface area contributed by atoms with Crippen molar-refractivity contribution in [2.75, 3.05) is 0 Å². The van der Waals surface area contributed by atoms with Crippen LogP contribution in [0, 0.1) is 6.42 Å². The van der Waals surface area contributed by atoms with E-state index in [-0.39, 0.29) is 0 Å². The Labute approximate surface area is 107 Å². The van der Waals surface area contributed by atoms with Crippen LogP contribution in [0.2, 0.25) is 0 Å². The molecule has 17 heavy (non-hydrogen) atoms. The molecule has 0 fully saturated rings. The molecule has 1 aromatic rings. The highest BCUT2D eigenvalue weighted by molar-refractivity contribution is 5.21. The lowest BCUT2D eigenvalue weighted by Crippen LogP contribution is -1.83. The van der Waals surface area contributed by atoms with E-state index in [1.807, 2.05) is 0 Å². The molecule has 0 aliphatic heterocycles. The summed E-state index contributed by atoms with van der Waals surface area (Å²) in [4.78, 5) is 0. The number of benzene rings is 1. The van der Waals surface area contributed by atoms with Crippen molar-refractivity contribution in [2.45, 2.75) is 64.7 Å². The molecule has 0 amide bonds. The summed E-state index contributed by atoms with van der Waals surface area (Å²) in [5.74, 6) is 0. The molecular formula is C17H27. The standard InChI is InChI=1S/C17H27/c1-2-3-4-5-6-7-8-9-11-14-17-15-12-10-13-16-17/h10,12-16H,2-9,11H2,1H3. The number of unbranched alkanes of at least 4 members (excludes halogenated alkanes) is 8. The van der Waals surface area contributed by atoms with Crippen molar-refractivity contribution >= 4 is 0 Å². The van der Waals surface area contributed by atoms with Gasteiger partial charge in [-0.1, -0.05) is 88.6 Å². The van der Waals surface area contributed by atoms with E-state index < -0.39 is 0 Å². The molecule has 1 rings (SSSR count). The maximum atomic E-state index is 2.36. The predicted octanol–water partition coefficient (Wildman–Crippen LogP) is 5.77. The first-order chi connectivity index (χ1) is 8.43. The molecule has 0 heterocycles. The van der Waals surface area contributed by atoms with Crippen molar-refractivity contribution in [3.63, 3.8) is 0 Å². The minimum absolute atomic E-state index is 1.24. The molecule has 0 N–H and O–H groups in total. The molecule has 1 radical (unpaired) electrons. The Bertz CT molecular complexity index is 250. The lowest BCUT2D eigenvalue weighted by atomic mass is 10.0. The van der Waals surface area contributed by atoms with E-state index in [0.29, 0.717) is 0 Å². The lowest BCUT2D eigenvalue weighted by molar-refractivity contribution is 0.575. The van der Waals surface area contributed by atoms with Crippen LogP contribution < -0.4 is 0 Å². The average Bonchev–Trinajstić information content (AvgIpc) is 2.38. The Morgan fingerprint density at radius 2 is 1.35 bits per heavy atom. The van der Waals surface area contributed by atoms with Crippen molar-refractivity contribution in [1.29, 1.82) is 0 Å². The van der Waals surface area contributed by atoms with Crippen molar-refractivity contribution in [2.24, 2.45) is 0 Å². The average molecular weight is 231 g/mol. The lowest BCUT2D eigenvalue weighted by Gasteiger charge is -2.02. The van der Waals surface area contributed by atoms with E-state index in [1.165, 1.54) is 63.4 Å². The second kappa shape index (κ2) is 10.4. The highest BCUT2D eigenvalue weighted by Crippen LogP contribution is 2.12. The van der Waals surface area contributed by atoms with Gasteiger partial charge in [0.25, 0.3) is 0 Å². The summed E-state index contributed by atoms with van der Waals surface area (Å²) in [6.07, 6.45) is 14.8. The van der Waals surface area contributed by atoms with Gasteiger partial charge in [-0.05, 0) is 18.4 Å². The number of hydrogen-bond donors (Lipinski definition) is 0. The van der Waals surface area contributed by atoms with Crippen LogP contribution in [0.25, 0.3) is 0 Å². The van der Waals surface area contributed by atoms with Gasteiger partial charge in [-0.3, -0.25) is 0 Å². The van der Waals surface area contributed by atoms with Gasteiger partial charge in [0, 0.05) is 0 Å². The van der Waals surface area contributed by atoms with Crippen LogP contribution in [0.1, 0.15) is 70.3 Å². The predicted molar refractivity (Wildman–Crippen MR) is 77.1 cm³/mol. The van der Waals surface area contributed by atoms with E-state index in [0.717, 1.165) is 0 Å². The number of rotatable bonds is 10. The Balaban J connectivity index is 1.85. The highest BCUT2D eigenvalue weighted by atomic mass is 14.0. The van der Waals surface area contributed by atoms with Gasteiger partial charge in [-0.15, -0.1) is 0 Å². The van der Waals surface area contributed by atoms with Crippen LogP contribution in [0.3, 0.4) is 0 Å². The molecule has 0 nitrogen and oxygen atoms in total. The topological polar surface area (TPSA) is 0 Å². The molecule has 0 spiro atoms. The molecule has 1 aromatic carbocycles. The van der Waals surface area contributed by atoms with E-state index in [4.69, 9.17) is 0 Å². The fraction of sp³-hybridized carbons (Fsp3) is 0.588. The summed E-state index contributed by atoms with van der Waals surface area (Å²) in [5, 5.41) is 0. The van der Waals surface area contributed by atoms with Gasteiger partial charge in [-0.2, -0.15) is 0 Å². The van der Waals surface area contributed by atoms with Crippen LogP contribution in [0.5, 0.6) is 0 Å². The Morgan fingerprint density at radius 1 is 0.765 bits per heavy atom. The molecule has 95 valence electrons. The third-order valence-corrected chi connectivity index (χ3v) is 3.24. The summed E-state index contributed by atoms with van der Waals surface area (Å²) in [6.45, 7) is 2.28. The van der Waals surface area contributed by atoms with Crippen molar-refractivity contribution in [3.05, 3.63) is 42.3 Å². The quantitative estimate of drug-likeness (QED) is 0.448. The largest absolute Gasteiger partial charge is 0.0654 e. The normalized spacial score (nSPS) is 10.6. The SMILES string of the molecule is CCCCCCCCCC[CH]c1ccccc1. The van der Waals surface area contributed by atoms with Gasteiger partial charge in [0.2, 0.25) is 0 Å². The first-order valence-electron chi connectivity index (χ1n) is 7.31. The molecule has 0 unspecified atom stereocenters. The van der Waals surface area contributed by atoms with E-state index in [9.17, 15) is 0 Å². The molecule has 0 aliphatic carbocycles. The smallest absolute Gasteiger partial charge is 0.00931 e. The molecule has 0 heteroatoms. The molecule has 0 aromatic heterocycles. The second-order valence-electron chi connectivity index (χ2n) is 4.88. The van der Waals surface area contributed by atoms with Gasteiger partial charge >= 0.3 is 0 Å². The van der Waals surface area contributed by atoms with Gasteiger partial charge in [0.15, 0.2) is 0 Å². The minimum atomic E-state index is 1.24. The summed E-state index contributed by atoms with van der Waals surface area (Å²) >= 11 is 0. The van der Waals surface area contributed by atoms with Crippen molar-refractivity contribution < 1.29 is 0 Å². The van der Waals surface area contributed by atoms with Crippen LogP contribution in [0.15, 0.2) is 30.3 Å². The zero-order chi connectivity index (χ0) is 12.2. The molecule has 0 bridgehead atoms. The zero-order valence-corrected chi connectivity index (χ0v) is 11.3. The second-order valence-corrected chi connectivity index (χ2v) is 4.88. The van der Waals surface area contributed by atoms with Crippen LogP contribution in [0.4, 0.5) is 0 Å². The summed E-state index contributed by atoms with van der Waals surface area (Å²) < 4.78 is 0. The van der Waals surface area contributed by atoms with E-state index in [1.54, 1.807) is 0 Å². The fourth-order valence-electron chi connectivity index (χ4n) is 2.14. The minimum Gasteiger partial charge on any atom is -0.0654 e. The maximum absolute atomic E-state index is 2.36. The van der Waals surface area contributed by atoms with Gasteiger partial charge in [0.1, 0.15) is 0 Å². The fourth-order valence-corrected chi connectivity index (χ4v) is 2.14. The van der Waals surface area contributed by atoms with Crippen molar-refractivity contribution in [1.82, 2.24) is 0 Å². The van der Waals surface area contributed by atoms with Crippen molar-refractivity contribution in [3.8, 4) is 0 Å². The monoisotopic (exact) mass is 231 g/mol. The molecule has 0 atom stereocenters. The number of hydrogen-bond acceptors (Lipinski definition) is 0. The molecule has 0 saturated heterocycles. The Hall–Kier alpha value is -0.780. The summed E-state index contributed by atoms with van der Waals surface area (Å²) in [7, 11) is 0. The maximum Gasteiger partial charge on any atom is -0.00931 e. The van der Waals surface area contributed by atoms with Crippen LogP contribution in [-0.2, 0) is 0 Å². The first-order valence-corrected chi connectivity index (χ1v) is 7.31. The highest BCUT2D eigenvalue weighted by Gasteiger charge is 1.94. The summed E-state index contributed by atoms with van der Waals surface area (Å²) in [6, 6.07) is 10.7. The Morgan fingerprint density at radius 3 is 2.00 bits per heavy atom. The van der Waals surface area contributed by atoms with E-state index in [2.05, 4.69) is 43.7 Å². The molecular weight excluding hydrogens is 204 g/mol. The van der Waals surface area contributed by atoms with E-state index >= 15 is 0 Å². The van der Waals surface area contributed by atoms with Gasteiger partial charge in [0.05, 0.1) is 0 Å².